The van der Waals surface area contributed by atoms with Crippen molar-refractivity contribution in [3.8, 4) is 0 Å². The van der Waals surface area contributed by atoms with E-state index in [0.717, 1.165) is 0 Å². The first-order chi connectivity index (χ1) is 8.99. The van der Waals surface area contributed by atoms with Crippen molar-refractivity contribution in [3.05, 3.63) is 41.8 Å². The summed E-state index contributed by atoms with van der Waals surface area (Å²) < 4.78 is 15.8. The summed E-state index contributed by atoms with van der Waals surface area (Å²) in [5.41, 5.74) is -0.101. The van der Waals surface area contributed by atoms with E-state index in [1.54, 1.807) is 23.0 Å². The highest BCUT2D eigenvalue weighted by atomic mass is 79.9. The number of allylic oxidation sites excluding steroid dienone is 3. The molecular formula is C13H13BrFN3O. The zero-order valence-electron chi connectivity index (χ0n) is 10.4. The molecule has 1 aromatic rings. The molecule has 100 valence electrons. The van der Waals surface area contributed by atoms with Crippen molar-refractivity contribution >= 4 is 21.8 Å². The Hall–Kier alpha value is -1.43. The van der Waals surface area contributed by atoms with Crippen LogP contribution in [-0.2, 0) is 6.54 Å². The summed E-state index contributed by atoms with van der Waals surface area (Å²) in [6, 6.07) is 0. The SMILES string of the molecule is CC1(C2=C(F)C=CC(Br)C2)Cn2ccnc2C(=O)N1. The summed E-state index contributed by atoms with van der Waals surface area (Å²) in [5.74, 6) is -0.151. The molecule has 2 aliphatic rings. The number of aromatic nitrogens is 2. The van der Waals surface area contributed by atoms with Crippen LogP contribution in [0.4, 0.5) is 4.39 Å². The van der Waals surface area contributed by atoms with Gasteiger partial charge in [-0.05, 0) is 25.0 Å². The quantitative estimate of drug-likeness (QED) is 0.805. The number of rotatable bonds is 1. The molecule has 19 heavy (non-hydrogen) atoms. The van der Waals surface area contributed by atoms with Crippen LogP contribution in [0.3, 0.4) is 0 Å². The third-order valence-electron chi connectivity index (χ3n) is 3.60. The van der Waals surface area contributed by atoms with E-state index in [-0.39, 0.29) is 16.6 Å². The fourth-order valence-electron chi connectivity index (χ4n) is 2.64. The predicted octanol–water partition coefficient (Wildman–Crippen LogP) is 2.33. The topological polar surface area (TPSA) is 46.9 Å². The third kappa shape index (κ3) is 2.04. The molecule has 6 heteroatoms. The van der Waals surface area contributed by atoms with Gasteiger partial charge in [-0.1, -0.05) is 22.0 Å². The minimum Gasteiger partial charge on any atom is -0.339 e. The van der Waals surface area contributed by atoms with Gasteiger partial charge in [0.15, 0.2) is 5.82 Å². The molecule has 3 rings (SSSR count). The van der Waals surface area contributed by atoms with Gasteiger partial charge >= 0.3 is 0 Å². The molecule has 1 aromatic heterocycles. The van der Waals surface area contributed by atoms with E-state index >= 15 is 0 Å². The molecule has 1 aliphatic heterocycles. The van der Waals surface area contributed by atoms with Gasteiger partial charge in [0.05, 0.1) is 12.1 Å². The fourth-order valence-corrected chi connectivity index (χ4v) is 3.12. The largest absolute Gasteiger partial charge is 0.339 e. The van der Waals surface area contributed by atoms with Crippen LogP contribution in [0.1, 0.15) is 24.0 Å². The Labute approximate surface area is 118 Å². The molecule has 4 nitrogen and oxygen atoms in total. The van der Waals surface area contributed by atoms with Crippen molar-refractivity contribution in [2.75, 3.05) is 0 Å². The summed E-state index contributed by atoms with van der Waals surface area (Å²) in [6.45, 7) is 2.34. The van der Waals surface area contributed by atoms with E-state index in [1.807, 2.05) is 6.92 Å². The summed E-state index contributed by atoms with van der Waals surface area (Å²) in [5, 5.41) is 2.88. The van der Waals surface area contributed by atoms with Gasteiger partial charge in [0.1, 0.15) is 5.83 Å². The fraction of sp³-hybridized carbons (Fsp3) is 0.385. The first kappa shape index (κ1) is 12.6. The Bertz CT molecular complexity index is 607. The van der Waals surface area contributed by atoms with Gasteiger partial charge in [-0.3, -0.25) is 4.79 Å². The number of alkyl halides is 1. The van der Waals surface area contributed by atoms with Crippen molar-refractivity contribution in [1.29, 1.82) is 0 Å². The van der Waals surface area contributed by atoms with E-state index in [1.165, 1.54) is 6.08 Å². The van der Waals surface area contributed by atoms with Gasteiger partial charge in [-0.25, -0.2) is 9.37 Å². The number of hydrogen-bond donors (Lipinski definition) is 1. The van der Waals surface area contributed by atoms with Crippen LogP contribution in [0.2, 0.25) is 0 Å². The first-order valence-electron chi connectivity index (χ1n) is 6.05. The monoisotopic (exact) mass is 325 g/mol. The molecule has 0 radical (unpaired) electrons. The van der Waals surface area contributed by atoms with E-state index in [0.29, 0.717) is 24.4 Å². The van der Waals surface area contributed by atoms with E-state index in [4.69, 9.17) is 0 Å². The highest BCUT2D eigenvalue weighted by Crippen LogP contribution is 2.35. The van der Waals surface area contributed by atoms with Gasteiger partial charge in [-0.15, -0.1) is 0 Å². The second-order valence-corrected chi connectivity index (χ2v) is 6.25. The number of fused-ring (bicyclic) bond motifs is 1. The molecule has 0 fully saturated rings. The highest BCUT2D eigenvalue weighted by molar-refractivity contribution is 9.09. The number of hydrogen-bond acceptors (Lipinski definition) is 2. The predicted molar refractivity (Wildman–Crippen MR) is 72.7 cm³/mol. The van der Waals surface area contributed by atoms with Crippen molar-refractivity contribution in [2.24, 2.45) is 0 Å². The number of amides is 1. The maximum absolute atomic E-state index is 14.1. The molecule has 1 aliphatic carbocycles. The minimum atomic E-state index is -0.717. The summed E-state index contributed by atoms with van der Waals surface area (Å²) >= 11 is 3.47. The van der Waals surface area contributed by atoms with Crippen LogP contribution >= 0.6 is 15.9 Å². The molecule has 0 saturated carbocycles. The van der Waals surface area contributed by atoms with Crippen LogP contribution < -0.4 is 5.32 Å². The molecule has 2 heterocycles. The average Bonchev–Trinajstić information content (AvgIpc) is 2.80. The van der Waals surface area contributed by atoms with E-state index in [2.05, 4.69) is 26.2 Å². The molecule has 1 amide bonds. The maximum atomic E-state index is 14.1. The standard InChI is InChI=1S/C13H13BrFN3O/c1-13(9-6-8(14)2-3-10(9)15)7-18-5-4-16-11(18)12(19)17-13/h2-5,8H,6-7H2,1H3,(H,17,19). The third-order valence-corrected chi connectivity index (χ3v) is 4.23. The van der Waals surface area contributed by atoms with Crippen LogP contribution in [0.25, 0.3) is 0 Å². The lowest BCUT2D eigenvalue weighted by molar-refractivity contribution is 0.0861. The minimum absolute atomic E-state index is 0.0971. The van der Waals surface area contributed by atoms with Gasteiger partial charge in [0.2, 0.25) is 0 Å². The summed E-state index contributed by atoms with van der Waals surface area (Å²) in [7, 11) is 0. The van der Waals surface area contributed by atoms with Crippen molar-refractivity contribution in [2.45, 2.75) is 30.3 Å². The Morgan fingerprint density at radius 2 is 2.42 bits per heavy atom. The Morgan fingerprint density at radius 1 is 1.63 bits per heavy atom. The number of halogens is 2. The lowest BCUT2D eigenvalue weighted by atomic mass is 9.84. The van der Waals surface area contributed by atoms with Crippen LogP contribution in [0, 0.1) is 0 Å². The Balaban J connectivity index is 2.02. The van der Waals surface area contributed by atoms with E-state index < -0.39 is 5.54 Å². The maximum Gasteiger partial charge on any atom is 0.288 e. The molecule has 0 aromatic carbocycles. The van der Waals surface area contributed by atoms with Crippen LogP contribution in [0.15, 0.2) is 35.9 Å². The van der Waals surface area contributed by atoms with Gasteiger partial charge < -0.3 is 9.88 Å². The van der Waals surface area contributed by atoms with Crippen molar-refractivity contribution in [3.63, 3.8) is 0 Å². The smallest absolute Gasteiger partial charge is 0.288 e. The molecular weight excluding hydrogens is 313 g/mol. The van der Waals surface area contributed by atoms with E-state index in [9.17, 15) is 9.18 Å². The number of nitrogens with zero attached hydrogens (tertiary/aromatic N) is 2. The number of nitrogens with one attached hydrogen (secondary N) is 1. The average molecular weight is 326 g/mol. The van der Waals surface area contributed by atoms with Crippen molar-refractivity contribution in [1.82, 2.24) is 14.9 Å². The van der Waals surface area contributed by atoms with Gasteiger partial charge in [-0.2, -0.15) is 0 Å². The van der Waals surface area contributed by atoms with Gasteiger partial charge in [0, 0.05) is 17.2 Å². The number of imidazole rings is 1. The number of carbonyl (C=O) groups is 1. The highest BCUT2D eigenvalue weighted by Gasteiger charge is 2.40. The zero-order chi connectivity index (χ0) is 13.6. The lowest BCUT2D eigenvalue weighted by Gasteiger charge is -2.38. The molecule has 0 bridgehead atoms. The summed E-state index contributed by atoms with van der Waals surface area (Å²) in [6.07, 6.45) is 7.10. The first-order valence-corrected chi connectivity index (χ1v) is 6.96. The molecule has 0 saturated heterocycles. The van der Waals surface area contributed by atoms with Crippen LogP contribution in [-0.4, -0.2) is 25.8 Å². The molecule has 2 unspecified atom stereocenters. The molecule has 2 atom stereocenters. The second kappa shape index (κ2) is 4.30. The normalized spacial score (nSPS) is 30.3. The Kier molecular flexibility index (Phi) is 2.85. The number of carbonyl (C=O) groups excluding carboxylic acids is 1. The zero-order valence-corrected chi connectivity index (χ0v) is 11.9. The van der Waals surface area contributed by atoms with Crippen molar-refractivity contribution < 1.29 is 9.18 Å². The van der Waals surface area contributed by atoms with Crippen LogP contribution in [0.5, 0.6) is 0 Å². The second-order valence-electron chi connectivity index (χ2n) is 5.07. The summed E-state index contributed by atoms with van der Waals surface area (Å²) in [4.78, 5) is 16.1. The Morgan fingerprint density at radius 3 is 3.21 bits per heavy atom. The van der Waals surface area contributed by atoms with Gasteiger partial charge in [0.25, 0.3) is 5.91 Å². The molecule has 0 spiro atoms. The molecule has 1 N–H and O–H groups in total. The lowest BCUT2D eigenvalue weighted by Crippen LogP contribution is -2.55.